The summed E-state index contributed by atoms with van der Waals surface area (Å²) in [6.07, 6.45) is 7.32. The van der Waals surface area contributed by atoms with E-state index in [2.05, 4.69) is 15.3 Å². The second kappa shape index (κ2) is 7.04. The SMILES string of the molecule is O=C(NCCOC1CCCCC1)c1nc[nH]c1C(=O)O. The summed E-state index contributed by atoms with van der Waals surface area (Å²) < 4.78 is 5.67. The number of amides is 1. The first-order valence-corrected chi connectivity index (χ1v) is 6.85. The molecule has 0 aromatic carbocycles. The highest BCUT2D eigenvalue weighted by molar-refractivity contribution is 6.02. The van der Waals surface area contributed by atoms with Gasteiger partial charge in [-0.25, -0.2) is 9.78 Å². The number of hydrogen-bond acceptors (Lipinski definition) is 4. The van der Waals surface area contributed by atoms with Crippen molar-refractivity contribution in [3.05, 3.63) is 17.7 Å². The van der Waals surface area contributed by atoms with Crippen LogP contribution in [0.15, 0.2) is 6.33 Å². The molecule has 0 bridgehead atoms. The number of nitrogens with zero attached hydrogens (tertiary/aromatic N) is 1. The fourth-order valence-electron chi connectivity index (χ4n) is 2.34. The third-order valence-electron chi connectivity index (χ3n) is 3.36. The molecule has 0 aliphatic heterocycles. The van der Waals surface area contributed by atoms with Gasteiger partial charge in [-0.2, -0.15) is 0 Å². The summed E-state index contributed by atoms with van der Waals surface area (Å²) in [4.78, 5) is 28.8. The largest absolute Gasteiger partial charge is 0.477 e. The number of carboxylic acids is 1. The van der Waals surface area contributed by atoms with Crippen molar-refractivity contribution in [2.24, 2.45) is 0 Å². The molecular weight excluding hydrogens is 262 g/mol. The molecule has 20 heavy (non-hydrogen) atoms. The van der Waals surface area contributed by atoms with E-state index in [1.807, 2.05) is 0 Å². The fourth-order valence-corrected chi connectivity index (χ4v) is 2.34. The molecular formula is C13H19N3O4. The number of H-pyrrole nitrogens is 1. The summed E-state index contributed by atoms with van der Waals surface area (Å²) in [6.45, 7) is 0.782. The zero-order valence-corrected chi connectivity index (χ0v) is 11.2. The summed E-state index contributed by atoms with van der Waals surface area (Å²) in [7, 11) is 0. The Morgan fingerprint density at radius 2 is 2.15 bits per heavy atom. The van der Waals surface area contributed by atoms with E-state index in [0.717, 1.165) is 12.8 Å². The van der Waals surface area contributed by atoms with Crippen LogP contribution < -0.4 is 5.32 Å². The number of aromatic carboxylic acids is 1. The molecule has 7 heteroatoms. The van der Waals surface area contributed by atoms with Gasteiger partial charge < -0.3 is 20.1 Å². The molecule has 1 saturated carbocycles. The third kappa shape index (κ3) is 3.80. The van der Waals surface area contributed by atoms with Crippen LogP contribution >= 0.6 is 0 Å². The number of imidazole rings is 1. The predicted octanol–water partition coefficient (Wildman–Crippen LogP) is 1.19. The Bertz CT molecular complexity index is 466. The van der Waals surface area contributed by atoms with Gasteiger partial charge in [-0.3, -0.25) is 4.79 Å². The molecule has 3 N–H and O–H groups in total. The van der Waals surface area contributed by atoms with Crippen LogP contribution in [-0.4, -0.2) is 46.2 Å². The lowest BCUT2D eigenvalue weighted by Crippen LogP contribution is -2.30. The fraction of sp³-hybridized carbons (Fsp3) is 0.615. The average Bonchev–Trinajstić information content (AvgIpc) is 2.94. The number of ether oxygens (including phenoxy) is 1. The summed E-state index contributed by atoms with van der Waals surface area (Å²) >= 11 is 0. The van der Waals surface area contributed by atoms with Gasteiger partial charge in [-0.1, -0.05) is 19.3 Å². The van der Waals surface area contributed by atoms with E-state index in [1.165, 1.54) is 25.6 Å². The first kappa shape index (κ1) is 14.5. The Balaban J connectivity index is 1.72. The van der Waals surface area contributed by atoms with E-state index in [1.54, 1.807) is 0 Å². The van der Waals surface area contributed by atoms with Gasteiger partial charge in [0.1, 0.15) is 0 Å². The lowest BCUT2D eigenvalue weighted by Gasteiger charge is -2.21. The molecule has 1 heterocycles. The molecule has 0 spiro atoms. The minimum Gasteiger partial charge on any atom is -0.477 e. The molecule has 110 valence electrons. The van der Waals surface area contributed by atoms with Crippen LogP contribution in [0.4, 0.5) is 0 Å². The molecule has 1 amide bonds. The van der Waals surface area contributed by atoms with Gasteiger partial charge in [-0.15, -0.1) is 0 Å². The van der Waals surface area contributed by atoms with Crippen LogP contribution in [0.5, 0.6) is 0 Å². The Kier molecular flexibility index (Phi) is 5.11. The molecule has 2 rings (SSSR count). The normalized spacial score (nSPS) is 16.0. The molecule has 0 saturated heterocycles. The van der Waals surface area contributed by atoms with Crippen molar-refractivity contribution < 1.29 is 19.4 Å². The van der Waals surface area contributed by atoms with Gasteiger partial charge in [-0.05, 0) is 12.8 Å². The topological polar surface area (TPSA) is 104 Å². The Labute approximate surface area is 116 Å². The third-order valence-corrected chi connectivity index (χ3v) is 3.36. The van der Waals surface area contributed by atoms with Crippen molar-refractivity contribution in [3.63, 3.8) is 0 Å². The number of aromatic nitrogens is 2. The Morgan fingerprint density at radius 1 is 1.40 bits per heavy atom. The van der Waals surface area contributed by atoms with Gasteiger partial charge in [0, 0.05) is 6.54 Å². The standard InChI is InChI=1S/C13H19N3O4/c17-12(10-11(13(18)19)16-8-15-10)14-6-7-20-9-4-2-1-3-5-9/h8-9H,1-7H2,(H,14,17)(H,15,16)(H,18,19). The van der Waals surface area contributed by atoms with Gasteiger partial charge in [0.15, 0.2) is 11.4 Å². The molecule has 0 radical (unpaired) electrons. The van der Waals surface area contributed by atoms with E-state index in [9.17, 15) is 9.59 Å². The van der Waals surface area contributed by atoms with Crippen molar-refractivity contribution in [2.75, 3.05) is 13.2 Å². The van der Waals surface area contributed by atoms with Crippen LogP contribution in [0.2, 0.25) is 0 Å². The Morgan fingerprint density at radius 3 is 2.85 bits per heavy atom. The van der Waals surface area contributed by atoms with Crippen LogP contribution in [-0.2, 0) is 4.74 Å². The van der Waals surface area contributed by atoms with E-state index in [-0.39, 0.29) is 11.4 Å². The smallest absolute Gasteiger partial charge is 0.354 e. The summed E-state index contributed by atoms with van der Waals surface area (Å²) in [5.41, 5.74) is -0.300. The van der Waals surface area contributed by atoms with Crippen LogP contribution in [0.1, 0.15) is 53.1 Å². The van der Waals surface area contributed by atoms with Gasteiger partial charge in [0.05, 0.1) is 19.0 Å². The first-order valence-electron chi connectivity index (χ1n) is 6.85. The van der Waals surface area contributed by atoms with Crippen LogP contribution in [0, 0.1) is 0 Å². The van der Waals surface area contributed by atoms with Gasteiger partial charge in [0.25, 0.3) is 5.91 Å². The zero-order chi connectivity index (χ0) is 14.4. The maximum atomic E-state index is 11.8. The highest BCUT2D eigenvalue weighted by Crippen LogP contribution is 2.19. The Hall–Kier alpha value is -1.89. The van der Waals surface area contributed by atoms with Gasteiger partial charge in [0.2, 0.25) is 0 Å². The van der Waals surface area contributed by atoms with Crippen molar-refractivity contribution in [1.82, 2.24) is 15.3 Å². The number of hydrogen-bond donors (Lipinski definition) is 3. The molecule has 1 aromatic heterocycles. The molecule has 0 atom stereocenters. The maximum absolute atomic E-state index is 11.8. The molecule has 1 aromatic rings. The molecule has 7 nitrogen and oxygen atoms in total. The number of carbonyl (C=O) groups is 2. The van der Waals surface area contributed by atoms with Crippen molar-refractivity contribution in [1.29, 1.82) is 0 Å². The lowest BCUT2D eigenvalue weighted by atomic mass is 9.98. The van der Waals surface area contributed by atoms with E-state index in [4.69, 9.17) is 9.84 Å². The second-order valence-corrected chi connectivity index (χ2v) is 4.82. The number of carboxylic acid groups (broad SMARTS) is 1. The van der Waals surface area contributed by atoms with E-state index < -0.39 is 11.9 Å². The highest BCUT2D eigenvalue weighted by atomic mass is 16.5. The van der Waals surface area contributed by atoms with Crippen molar-refractivity contribution in [3.8, 4) is 0 Å². The monoisotopic (exact) mass is 281 g/mol. The summed E-state index contributed by atoms with van der Waals surface area (Å²) in [6, 6.07) is 0. The van der Waals surface area contributed by atoms with E-state index in [0.29, 0.717) is 19.3 Å². The second-order valence-electron chi connectivity index (χ2n) is 4.82. The zero-order valence-electron chi connectivity index (χ0n) is 11.2. The highest BCUT2D eigenvalue weighted by Gasteiger charge is 2.19. The van der Waals surface area contributed by atoms with Crippen LogP contribution in [0.3, 0.4) is 0 Å². The number of carbonyl (C=O) groups excluding carboxylic acids is 1. The molecule has 1 aliphatic rings. The minimum absolute atomic E-state index is 0.102. The summed E-state index contributed by atoms with van der Waals surface area (Å²) in [5, 5.41) is 11.5. The van der Waals surface area contributed by atoms with Crippen LogP contribution in [0.25, 0.3) is 0 Å². The van der Waals surface area contributed by atoms with E-state index >= 15 is 0 Å². The van der Waals surface area contributed by atoms with Crippen molar-refractivity contribution in [2.45, 2.75) is 38.2 Å². The molecule has 0 unspecified atom stereocenters. The maximum Gasteiger partial charge on any atom is 0.354 e. The van der Waals surface area contributed by atoms with Gasteiger partial charge >= 0.3 is 5.97 Å². The molecule has 1 fully saturated rings. The minimum atomic E-state index is -1.20. The van der Waals surface area contributed by atoms with Crippen molar-refractivity contribution >= 4 is 11.9 Å². The molecule has 1 aliphatic carbocycles. The number of nitrogens with one attached hydrogen (secondary N) is 2. The predicted molar refractivity (Wildman–Crippen MR) is 70.7 cm³/mol. The first-order chi connectivity index (χ1) is 9.68. The average molecular weight is 281 g/mol. The number of aromatic amines is 1. The number of rotatable bonds is 6. The summed E-state index contributed by atoms with van der Waals surface area (Å²) in [5.74, 6) is -1.71. The lowest BCUT2D eigenvalue weighted by molar-refractivity contribution is 0.0299. The quantitative estimate of drug-likeness (QED) is 0.679.